The summed E-state index contributed by atoms with van der Waals surface area (Å²) in [5.74, 6) is 1.65. The van der Waals surface area contributed by atoms with Crippen LogP contribution in [-0.4, -0.2) is 17.0 Å². The summed E-state index contributed by atoms with van der Waals surface area (Å²) in [6, 6.07) is 0. The number of nitrogens with one attached hydrogen (secondary N) is 1. The minimum absolute atomic E-state index is 0.611. The molecule has 0 unspecified atom stereocenters. The first kappa shape index (κ1) is 9.44. The van der Waals surface area contributed by atoms with Crippen LogP contribution in [-0.2, 0) is 0 Å². The Bertz CT molecular complexity index is 316. The van der Waals surface area contributed by atoms with E-state index in [0.717, 1.165) is 17.2 Å². The van der Waals surface area contributed by atoms with Crippen LogP contribution in [0, 0.1) is 6.92 Å². The summed E-state index contributed by atoms with van der Waals surface area (Å²) in [5.41, 5.74) is 2.09. The second-order valence-electron chi connectivity index (χ2n) is 3.96. The summed E-state index contributed by atoms with van der Waals surface area (Å²) >= 11 is 0. The third-order valence-corrected chi connectivity index (χ3v) is 2.99. The molecule has 1 heterocycles. The Morgan fingerprint density at radius 1 is 1.36 bits per heavy atom. The maximum absolute atomic E-state index is 4.55. The van der Waals surface area contributed by atoms with Crippen molar-refractivity contribution < 1.29 is 0 Å². The van der Waals surface area contributed by atoms with Gasteiger partial charge in [0.2, 0.25) is 0 Å². The molecule has 3 heteroatoms. The van der Waals surface area contributed by atoms with E-state index in [1.807, 2.05) is 20.2 Å². The quantitative estimate of drug-likeness (QED) is 0.780. The molecule has 0 aliphatic heterocycles. The molecule has 0 bridgehead atoms. The lowest BCUT2D eigenvalue weighted by Gasteiger charge is -2.10. The van der Waals surface area contributed by atoms with E-state index in [4.69, 9.17) is 0 Å². The zero-order chi connectivity index (χ0) is 9.97. The lowest BCUT2D eigenvalue weighted by molar-refractivity contribution is 0.664. The fraction of sp³-hybridized carbons (Fsp3) is 0.636. The van der Waals surface area contributed by atoms with E-state index >= 15 is 0 Å². The smallest absolute Gasteiger partial charge is 0.131 e. The van der Waals surface area contributed by atoms with Gasteiger partial charge in [-0.15, -0.1) is 0 Å². The Hall–Kier alpha value is -1.12. The highest BCUT2D eigenvalue weighted by atomic mass is 15.0. The fourth-order valence-corrected chi connectivity index (χ4v) is 2.11. The SMILES string of the molecule is CNc1cnc(C2CCCC2)nc1C. The van der Waals surface area contributed by atoms with Crippen molar-refractivity contribution in [1.82, 2.24) is 9.97 Å². The van der Waals surface area contributed by atoms with Crippen molar-refractivity contribution in [3.05, 3.63) is 17.7 Å². The largest absolute Gasteiger partial charge is 0.385 e. The Kier molecular flexibility index (Phi) is 2.66. The topological polar surface area (TPSA) is 37.8 Å². The van der Waals surface area contributed by atoms with E-state index < -0.39 is 0 Å². The molecule has 0 atom stereocenters. The lowest BCUT2D eigenvalue weighted by atomic mass is 10.1. The van der Waals surface area contributed by atoms with Crippen molar-refractivity contribution in [2.45, 2.75) is 38.5 Å². The van der Waals surface area contributed by atoms with Gasteiger partial charge in [-0.3, -0.25) is 0 Å². The minimum Gasteiger partial charge on any atom is -0.385 e. The number of hydrogen-bond acceptors (Lipinski definition) is 3. The molecular weight excluding hydrogens is 174 g/mol. The number of rotatable bonds is 2. The summed E-state index contributed by atoms with van der Waals surface area (Å²) in [4.78, 5) is 8.97. The molecule has 1 aromatic heterocycles. The fourth-order valence-electron chi connectivity index (χ4n) is 2.11. The molecule has 3 nitrogen and oxygen atoms in total. The summed E-state index contributed by atoms with van der Waals surface area (Å²) in [5, 5.41) is 3.09. The van der Waals surface area contributed by atoms with E-state index in [1.54, 1.807) is 0 Å². The Morgan fingerprint density at radius 3 is 2.64 bits per heavy atom. The third kappa shape index (κ3) is 1.72. The highest BCUT2D eigenvalue weighted by Crippen LogP contribution is 2.32. The minimum atomic E-state index is 0.611. The second kappa shape index (κ2) is 3.95. The Morgan fingerprint density at radius 2 is 2.07 bits per heavy atom. The molecule has 1 N–H and O–H groups in total. The monoisotopic (exact) mass is 191 g/mol. The van der Waals surface area contributed by atoms with Crippen molar-refractivity contribution in [3.63, 3.8) is 0 Å². The van der Waals surface area contributed by atoms with Crippen LogP contribution in [0.4, 0.5) is 5.69 Å². The van der Waals surface area contributed by atoms with Crippen molar-refractivity contribution in [2.24, 2.45) is 0 Å². The van der Waals surface area contributed by atoms with Crippen LogP contribution in [0.15, 0.2) is 6.20 Å². The number of nitrogens with zero attached hydrogens (tertiary/aromatic N) is 2. The van der Waals surface area contributed by atoms with E-state index in [0.29, 0.717) is 5.92 Å². The number of hydrogen-bond donors (Lipinski definition) is 1. The highest BCUT2D eigenvalue weighted by Gasteiger charge is 2.19. The molecule has 1 aliphatic rings. The standard InChI is InChI=1S/C11H17N3/c1-8-10(12-2)7-13-11(14-8)9-5-3-4-6-9/h7,9,12H,3-6H2,1-2H3. The molecular formula is C11H17N3. The van der Waals surface area contributed by atoms with Crippen molar-refractivity contribution >= 4 is 5.69 Å². The molecule has 1 aliphatic carbocycles. The summed E-state index contributed by atoms with van der Waals surface area (Å²) < 4.78 is 0. The zero-order valence-corrected chi connectivity index (χ0v) is 8.88. The van der Waals surface area contributed by atoms with Gasteiger partial charge in [0.15, 0.2) is 0 Å². The number of anilines is 1. The molecule has 14 heavy (non-hydrogen) atoms. The molecule has 0 aromatic carbocycles. The van der Waals surface area contributed by atoms with Gasteiger partial charge in [0.25, 0.3) is 0 Å². The van der Waals surface area contributed by atoms with E-state index in [2.05, 4.69) is 15.3 Å². The first-order valence-corrected chi connectivity index (χ1v) is 5.32. The molecule has 1 aromatic rings. The molecule has 0 radical (unpaired) electrons. The van der Waals surface area contributed by atoms with Gasteiger partial charge >= 0.3 is 0 Å². The van der Waals surface area contributed by atoms with Gasteiger partial charge < -0.3 is 5.32 Å². The van der Waals surface area contributed by atoms with Gasteiger partial charge in [0.1, 0.15) is 5.82 Å². The van der Waals surface area contributed by atoms with Gasteiger partial charge in [0.05, 0.1) is 17.6 Å². The highest BCUT2D eigenvalue weighted by molar-refractivity contribution is 5.44. The first-order chi connectivity index (χ1) is 6.81. The van der Waals surface area contributed by atoms with Gasteiger partial charge in [0, 0.05) is 13.0 Å². The number of aryl methyl sites for hydroxylation is 1. The predicted molar refractivity (Wildman–Crippen MR) is 57.5 cm³/mol. The lowest BCUT2D eigenvalue weighted by Crippen LogP contribution is -2.04. The first-order valence-electron chi connectivity index (χ1n) is 5.32. The van der Waals surface area contributed by atoms with Gasteiger partial charge in [-0.05, 0) is 19.8 Å². The maximum atomic E-state index is 4.55. The predicted octanol–water partition coefficient (Wildman–Crippen LogP) is 2.48. The van der Waals surface area contributed by atoms with Crippen molar-refractivity contribution in [3.8, 4) is 0 Å². The summed E-state index contributed by atoms with van der Waals surface area (Å²) in [6.07, 6.45) is 7.09. The van der Waals surface area contributed by atoms with Gasteiger partial charge in [-0.25, -0.2) is 9.97 Å². The molecule has 0 amide bonds. The van der Waals surface area contributed by atoms with E-state index in [1.165, 1.54) is 25.7 Å². The Balaban J connectivity index is 2.23. The average Bonchev–Trinajstić information content (AvgIpc) is 2.70. The summed E-state index contributed by atoms with van der Waals surface area (Å²) in [7, 11) is 1.90. The van der Waals surface area contributed by atoms with Gasteiger partial charge in [-0.1, -0.05) is 12.8 Å². The Labute approximate surface area is 85.0 Å². The molecule has 0 saturated heterocycles. The van der Waals surface area contributed by atoms with Crippen LogP contribution in [0.25, 0.3) is 0 Å². The maximum Gasteiger partial charge on any atom is 0.131 e. The molecule has 2 rings (SSSR count). The van der Waals surface area contributed by atoms with E-state index in [-0.39, 0.29) is 0 Å². The normalized spacial score (nSPS) is 17.3. The van der Waals surface area contributed by atoms with E-state index in [9.17, 15) is 0 Å². The van der Waals surface area contributed by atoms with Crippen molar-refractivity contribution in [2.75, 3.05) is 12.4 Å². The second-order valence-corrected chi connectivity index (χ2v) is 3.96. The summed E-state index contributed by atoms with van der Waals surface area (Å²) in [6.45, 7) is 2.03. The average molecular weight is 191 g/mol. The molecule has 76 valence electrons. The van der Waals surface area contributed by atoms with Crippen LogP contribution in [0.1, 0.15) is 43.1 Å². The van der Waals surface area contributed by atoms with Crippen LogP contribution in [0.2, 0.25) is 0 Å². The van der Waals surface area contributed by atoms with Crippen LogP contribution >= 0.6 is 0 Å². The molecule has 1 saturated carbocycles. The van der Waals surface area contributed by atoms with Crippen LogP contribution in [0.5, 0.6) is 0 Å². The van der Waals surface area contributed by atoms with Gasteiger partial charge in [-0.2, -0.15) is 0 Å². The number of aromatic nitrogens is 2. The molecule has 1 fully saturated rings. The third-order valence-electron chi connectivity index (χ3n) is 2.99. The zero-order valence-electron chi connectivity index (χ0n) is 8.88. The molecule has 0 spiro atoms. The van der Waals surface area contributed by atoms with Crippen LogP contribution < -0.4 is 5.32 Å². The van der Waals surface area contributed by atoms with Crippen LogP contribution in [0.3, 0.4) is 0 Å². The van der Waals surface area contributed by atoms with Crippen molar-refractivity contribution in [1.29, 1.82) is 0 Å².